The second-order valence-corrected chi connectivity index (χ2v) is 8.32. The molecule has 1 aliphatic heterocycles. The van der Waals surface area contributed by atoms with Gasteiger partial charge in [0.2, 0.25) is 5.91 Å². The van der Waals surface area contributed by atoms with E-state index in [0.717, 1.165) is 49.1 Å². The monoisotopic (exact) mass is 436 g/mol. The molecule has 0 radical (unpaired) electrons. The highest BCUT2D eigenvalue weighted by molar-refractivity contribution is 7.17. The summed E-state index contributed by atoms with van der Waals surface area (Å²) in [6, 6.07) is 7.90. The maximum atomic E-state index is 12.4. The third-order valence-corrected chi connectivity index (χ3v) is 5.96. The summed E-state index contributed by atoms with van der Waals surface area (Å²) in [5, 5.41) is 3.97. The second kappa shape index (κ2) is 10.2. The number of benzene rings is 1. The fourth-order valence-corrected chi connectivity index (χ4v) is 4.15. The Balaban J connectivity index is 1.44. The fraction of sp³-hybridized carbons (Fsp3) is 0.450. The Labute approximate surface area is 179 Å². The summed E-state index contributed by atoms with van der Waals surface area (Å²) in [5.41, 5.74) is 1.80. The van der Waals surface area contributed by atoms with Crippen LogP contribution in [0.5, 0.6) is 0 Å². The van der Waals surface area contributed by atoms with Gasteiger partial charge in [0.05, 0.1) is 18.8 Å². The van der Waals surface area contributed by atoms with Crippen LogP contribution < -0.4 is 5.32 Å². The van der Waals surface area contributed by atoms with Gasteiger partial charge < -0.3 is 10.1 Å². The van der Waals surface area contributed by atoms with E-state index < -0.39 is 5.97 Å². The first kappa shape index (κ1) is 21.7. The van der Waals surface area contributed by atoms with Crippen molar-refractivity contribution in [1.82, 2.24) is 14.8 Å². The van der Waals surface area contributed by atoms with Gasteiger partial charge in [0.15, 0.2) is 5.13 Å². The number of aromatic nitrogens is 1. The van der Waals surface area contributed by atoms with Crippen LogP contribution in [0.2, 0.25) is 5.02 Å². The molecule has 0 bridgehead atoms. The second-order valence-electron chi connectivity index (χ2n) is 6.88. The van der Waals surface area contributed by atoms with Gasteiger partial charge >= 0.3 is 5.97 Å². The van der Waals surface area contributed by atoms with Crippen LogP contribution in [-0.4, -0.2) is 66.0 Å². The van der Waals surface area contributed by atoms with E-state index in [2.05, 4.69) is 20.1 Å². The number of rotatable bonds is 7. The Bertz CT molecular complexity index is 848. The van der Waals surface area contributed by atoms with E-state index in [-0.39, 0.29) is 5.91 Å². The van der Waals surface area contributed by atoms with Crippen molar-refractivity contribution >= 4 is 39.9 Å². The quantitative estimate of drug-likeness (QED) is 0.672. The molecule has 0 unspecified atom stereocenters. The molecule has 1 saturated heterocycles. The largest absolute Gasteiger partial charge is 0.462 e. The van der Waals surface area contributed by atoms with Crippen LogP contribution in [0.4, 0.5) is 5.13 Å². The van der Waals surface area contributed by atoms with Gasteiger partial charge in [-0.05, 0) is 31.5 Å². The smallest absolute Gasteiger partial charge is 0.350 e. The highest BCUT2D eigenvalue weighted by atomic mass is 35.5. The highest BCUT2D eigenvalue weighted by Crippen LogP contribution is 2.23. The van der Waals surface area contributed by atoms with Gasteiger partial charge in [-0.3, -0.25) is 14.6 Å². The van der Waals surface area contributed by atoms with E-state index in [0.29, 0.717) is 28.9 Å². The SMILES string of the molecule is CCOC(=O)c1sc(NC(=O)CN2CCN(Cc3ccc(Cl)cc3)CC2)nc1C. The lowest BCUT2D eigenvalue weighted by Gasteiger charge is -2.34. The van der Waals surface area contributed by atoms with Gasteiger partial charge in [-0.1, -0.05) is 35.1 Å². The number of hydrogen-bond donors (Lipinski definition) is 1. The third-order valence-electron chi connectivity index (χ3n) is 4.66. The first-order chi connectivity index (χ1) is 13.9. The summed E-state index contributed by atoms with van der Waals surface area (Å²) in [7, 11) is 0. The molecule has 7 nitrogen and oxygen atoms in total. The number of ether oxygens (including phenoxy) is 1. The molecule has 3 rings (SSSR count). The summed E-state index contributed by atoms with van der Waals surface area (Å²) in [5.74, 6) is -0.528. The zero-order chi connectivity index (χ0) is 20.8. The minimum atomic E-state index is -0.403. The van der Waals surface area contributed by atoms with E-state index in [1.807, 2.05) is 24.3 Å². The molecule has 1 aliphatic rings. The van der Waals surface area contributed by atoms with Gasteiger partial charge in [0, 0.05) is 37.7 Å². The molecule has 2 aromatic rings. The van der Waals surface area contributed by atoms with Crippen LogP contribution in [0, 0.1) is 6.92 Å². The van der Waals surface area contributed by atoms with Crippen LogP contribution in [-0.2, 0) is 16.1 Å². The number of thiazole rings is 1. The Morgan fingerprint density at radius 1 is 1.17 bits per heavy atom. The lowest BCUT2D eigenvalue weighted by atomic mass is 10.2. The number of amides is 1. The summed E-state index contributed by atoms with van der Waals surface area (Å²) < 4.78 is 5.01. The molecule has 1 aromatic carbocycles. The first-order valence-corrected chi connectivity index (χ1v) is 10.8. The van der Waals surface area contributed by atoms with E-state index >= 15 is 0 Å². The number of esters is 1. The zero-order valence-electron chi connectivity index (χ0n) is 16.6. The average molecular weight is 437 g/mol. The van der Waals surface area contributed by atoms with E-state index in [9.17, 15) is 9.59 Å². The normalized spacial score (nSPS) is 15.3. The standard InChI is InChI=1S/C20H25ClN4O3S/c1-3-28-19(27)18-14(2)22-20(29-18)23-17(26)13-25-10-8-24(9-11-25)12-15-4-6-16(21)7-5-15/h4-7H,3,8-13H2,1-2H3,(H,22,23,26). The maximum Gasteiger partial charge on any atom is 0.350 e. The molecule has 0 atom stereocenters. The van der Waals surface area contributed by atoms with Gasteiger partial charge in [-0.2, -0.15) is 0 Å². The van der Waals surface area contributed by atoms with Crippen molar-refractivity contribution in [3.05, 3.63) is 45.4 Å². The van der Waals surface area contributed by atoms with Crippen molar-refractivity contribution in [2.24, 2.45) is 0 Å². The first-order valence-electron chi connectivity index (χ1n) is 9.58. The molecule has 0 saturated carbocycles. The minimum Gasteiger partial charge on any atom is -0.462 e. The number of aryl methyl sites for hydroxylation is 1. The molecular formula is C20H25ClN4O3S. The lowest BCUT2D eigenvalue weighted by Crippen LogP contribution is -2.48. The minimum absolute atomic E-state index is 0.125. The van der Waals surface area contributed by atoms with Gasteiger partial charge in [0.1, 0.15) is 4.88 Å². The van der Waals surface area contributed by atoms with Crippen LogP contribution in [0.1, 0.15) is 27.9 Å². The number of anilines is 1. The number of nitrogens with zero attached hydrogens (tertiary/aromatic N) is 3. The molecule has 1 fully saturated rings. The van der Waals surface area contributed by atoms with Crippen LogP contribution in [0.3, 0.4) is 0 Å². The fourth-order valence-electron chi connectivity index (χ4n) is 3.15. The van der Waals surface area contributed by atoms with Gasteiger partial charge in [0.25, 0.3) is 0 Å². The van der Waals surface area contributed by atoms with Crippen molar-refractivity contribution in [3.63, 3.8) is 0 Å². The summed E-state index contributed by atoms with van der Waals surface area (Å²) in [6.45, 7) is 8.44. The Hall–Kier alpha value is -2.00. The van der Waals surface area contributed by atoms with Crippen molar-refractivity contribution in [2.45, 2.75) is 20.4 Å². The van der Waals surface area contributed by atoms with Gasteiger partial charge in [-0.25, -0.2) is 9.78 Å². The molecule has 0 spiro atoms. The van der Waals surface area contributed by atoms with E-state index in [4.69, 9.17) is 16.3 Å². The Morgan fingerprint density at radius 2 is 1.83 bits per heavy atom. The molecule has 9 heteroatoms. The maximum absolute atomic E-state index is 12.4. The molecule has 29 heavy (non-hydrogen) atoms. The number of piperazine rings is 1. The van der Waals surface area contributed by atoms with E-state index in [1.54, 1.807) is 13.8 Å². The highest BCUT2D eigenvalue weighted by Gasteiger charge is 2.21. The molecule has 1 aromatic heterocycles. The number of halogens is 1. The zero-order valence-corrected chi connectivity index (χ0v) is 18.2. The summed E-state index contributed by atoms with van der Waals surface area (Å²) in [6.07, 6.45) is 0. The molecule has 156 valence electrons. The van der Waals surface area contributed by atoms with Crippen molar-refractivity contribution in [1.29, 1.82) is 0 Å². The van der Waals surface area contributed by atoms with Crippen molar-refractivity contribution < 1.29 is 14.3 Å². The predicted molar refractivity (Wildman–Crippen MR) is 115 cm³/mol. The summed E-state index contributed by atoms with van der Waals surface area (Å²) >= 11 is 7.08. The predicted octanol–water partition coefficient (Wildman–Crippen LogP) is 3.04. The molecule has 0 aliphatic carbocycles. The number of carbonyl (C=O) groups excluding carboxylic acids is 2. The van der Waals surface area contributed by atoms with Crippen LogP contribution in [0.15, 0.2) is 24.3 Å². The Morgan fingerprint density at radius 3 is 2.48 bits per heavy atom. The molecular weight excluding hydrogens is 412 g/mol. The number of nitrogens with one attached hydrogen (secondary N) is 1. The lowest BCUT2D eigenvalue weighted by molar-refractivity contribution is -0.117. The molecule has 1 amide bonds. The van der Waals surface area contributed by atoms with Crippen LogP contribution >= 0.6 is 22.9 Å². The Kier molecular flexibility index (Phi) is 7.60. The van der Waals surface area contributed by atoms with Crippen molar-refractivity contribution in [2.75, 3.05) is 44.6 Å². The van der Waals surface area contributed by atoms with E-state index in [1.165, 1.54) is 5.56 Å². The van der Waals surface area contributed by atoms with Crippen LogP contribution in [0.25, 0.3) is 0 Å². The van der Waals surface area contributed by atoms with Crippen molar-refractivity contribution in [3.8, 4) is 0 Å². The molecule has 2 heterocycles. The number of carbonyl (C=O) groups is 2. The topological polar surface area (TPSA) is 74.8 Å². The summed E-state index contributed by atoms with van der Waals surface area (Å²) in [4.78, 5) is 33.4. The third kappa shape index (κ3) is 6.24. The average Bonchev–Trinajstić information content (AvgIpc) is 3.05. The number of hydrogen-bond acceptors (Lipinski definition) is 7. The van der Waals surface area contributed by atoms with Gasteiger partial charge in [-0.15, -0.1) is 0 Å². The molecule has 1 N–H and O–H groups in total.